The molecule has 1 aromatic carbocycles. The normalized spacial score (nSPS) is 21.1. The molecule has 6 nitrogen and oxygen atoms in total. The van der Waals surface area contributed by atoms with Gasteiger partial charge in [0.05, 0.1) is 6.54 Å². The van der Waals surface area contributed by atoms with Gasteiger partial charge in [0.1, 0.15) is 5.82 Å². The molecule has 2 aliphatic heterocycles. The summed E-state index contributed by atoms with van der Waals surface area (Å²) in [6, 6.07) is 11.8. The Morgan fingerprint density at radius 2 is 1.83 bits per heavy atom. The highest BCUT2D eigenvalue weighted by Crippen LogP contribution is 2.40. The first kappa shape index (κ1) is 18.8. The van der Waals surface area contributed by atoms with E-state index in [4.69, 9.17) is 16.7 Å². The van der Waals surface area contributed by atoms with Gasteiger partial charge in [-0.3, -0.25) is 19.1 Å². The molecule has 3 aromatic rings. The molecule has 2 aliphatic rings. The zero-order valence-electron chi connectivity index (χ0n) is 15.9. The Bertz CT molecular complexity index is 1150. The van der Waals surface area contributed by atoms with E-state index in [1.807, 2.05) is 29.6 Å². The molecule has 8 heteroatoms. The van der Waals surface area contributed by atoms with Gasteiger partial charge >= 0.3 is 11.1 Å². The number of nitrogens with zero attached hydrogens (tertiary/aromatic N) is 4. The predicted molar refractivity (Wildman–Crippen MR) is 114 cm³/mol. The van der Waals surface area contributed by atoms with E-state index in [9.17, 15) is 9.59 Å². The van der Waals surface area contributed by atoms with Crippen molar-refractivity contribution in [2.75, 3.05) is 13.1 Å². The Hall–Kier alpha value is -2.22. The van der Waals surface area contributed by atoms with Crippen molar-refractivity contribution in [3.8, 4) is 0 Å². The summed E-state index contributed by atoms with van der Waals surface area (Å²) in [5.74, 6) is 0.775. The number of fused-ring (bicyclic) bond motifs is 2. The first-order valence-corrected chi connectivity index (χ1v) is 11.0. The molecular weight excluding hydrogens is 408 g/mol. The van der Waals surface area contributed by atoms with Crippen molar-refractivity contribution in [3.05, 3.63) is 83.8 Å². The minimum Gasteiger partial charge on any atom is -0.298 e. The third-order valence-electron chi connectivity index (χ3n) is 6.06. The SMILES string of the molecule is O=c1c(=O)n2c(nn1Cc1cccs1)C1(CCN(Cc3ccc(Cl)cc3)C1)CC2. The molecule has 1 spiro atoms. The fourth-order valence-electron chi connectivity index (χ4n) is 4.56. The molecule has 0 aliphatic carbocycles. The van der Waals surface area contributed by atoms with Crippen LogP contribution in [-0.4, -0.2) is 32.3 Å². The zero-order chi connectivity index (χ0) is 20.0. The maximum Gasteiger partial charge on any atom is 0.332 e. The van der Waals surface area contributed by atoms with Crippen LogP contribution in [0.25, 0.3) is 0 Å². The van der Waals surface area contributed by atoms with E-state index in [0.717, 1.165) is 48.2 Å². The molecular formula is C21H21ClN4O2S. The molecule has 1 saturated heterocycles. The van der Waals surface area contributed by atoms with E-state index < -0.39 is 11.1 Å². The lowest BCUT2D eigenvalue weighted by molar-refractivity contribution is 0.298. The first-order chi connectivity index (χ1) is 14.0. The standard InChI is InChI=1S/C21H21ClN4O2S/c22-16-5-3-15(4-6-16)12-24-9-7-21(14-24)8-10-25-18(27)19(28)26(23-20(21)25)13-17-2-1-11-29-17/h1-6,11H,7-10,12-14H2. The molecule has 4 heterocycles. The van der Waals surface area contributed by atoms with Crippen molar-refractivity contribution in [2.24, 2.45) is 0 Å². The number of halogens is 1. The molecule has 2 aromatic heterocycles. The van der Waals surface area contributed by atoms with Crippen molar-refractivity contribution in [1.29, 1.82) is 0 Å². The summed E-state index contributed by atoms with van der Waals surface area (Å²) in [4.78, 5) is 28.7. The van der Waals surface area contributed by atoms with Gasteiger partial charge in [-0.15, -0.1) is 11.3 Å². The fourth-order valence-corrected chi connectivity index (χ4v) is 5.37. The number of likely N-dealkylation sites (tertiary alicyclic amines) is 1. The average molecular weight is 429 g/mol. The number of rotatable bonds is 4. The van der Waals surface area contributed by atoms with Crippen molar-refractivity contribution in [1.82, 2.24) is 19.2 Å². The van der Waals surface area contributed by atoms with Crippen LogP contribution >= 0.6 is 22.9 Å². The predicted octanol–water partition coefficient (Wildman–Crippen LogP) is 2.72. The van der Waals surface area contributed by atoms with Crippen LogP contribution < -0.4 is 11.1 Å². The second-order valence-electron chi connectivity index (χ2n) is 7.94. The molecule has 1 atom stereocenters. The molecule has 0 amide bonds. The minimum absolute atomic E-state index is 0.156. The molecule has 0 N–H and O–H groups in total. The Morgan fingerprint density at radius 1 is 1.03 bits per heavy atom. The van der Waals surface area contributed by atoms with E-state index in [0.29, 0.717) is 13.1 Å². The van der Waals surface area contributed by atoms with Crippen LogP contribution in [0.5, 0.6) is 0 Å². The zero-order valence-corrected chi connectivity index (χ0v) is 17.5. The Labute approximate surface area is 177 Å². The van der Waals surface area contributed by atoms with Gasteiger partial charge in [-0.05, 0) is 48.5 Å². The maximum absolute atomic E-state index is 12.7. The number of hydrogen-bond acceptors (Lipinski definition) is 5. The number of thiophene rings is 1. The van der Waals surface area contributed by atoms with Gasteiger partial charge in [-0.2, -0.15) is 5.10 Å². The molecule has 1 fully saturated rings. The van der Waals surface area contributed by atoms with E-state index in [1.165, 1.54) is 10.2 Å². The summed E-state index contributed by atoms with van der Waals surface area (Å²) in [6.45, 7) is 3.56. The second-order valence-corrected chi connectivity index (χ2v) is 9.41. The first-order valence-electron chi connectivity index (χ1n) is 9.76. The minimum atomic E-state index is -0.532. The fraction of sp³-hybridized carbons (Fsp3) is 0.381. The van der Waals surface area contributed by atoms with Crippen LogP contribution in [0.15, 0.2) is 51.4 Å². The van der Waals surface area contributed by atoms with Crippen LogP contribution in [0.4, 0.5) is 0 Å². The lowest BCUT2D eigenvalue weighted by Crippen LogP contribution is -2.45. The monoisotopic (exact) mass is 428 g/mol. The Kier molecular flexibility index (Phi) is 4.69. The molecule has 5 rings (SSSR count). The van der Waals surface area contributed by atoms with Crippen LogP contribution in [0.2, 0.25) is 5.02 Å². The van der Waals surface area contributed by atoms with E-state index in [-0.39, 0.29) is 5.41 Å². The summed E-state index contributed by atoms with van der Waals surface area (Å²) in [7, 11) is 0. The highest BCUT2D eigenvalue weighted by atomic mass is 35.5. The molecule has 0 saturated carbocycles. The number of aromatic nitrogens is 3. The second kappa shape index (κ2) is 7.23. The summed E-state index contributed by atoms with van der Waals surface area (Å²) >= 11 is 7.56. The Morgan fingerprint density at radius 3 is 2.59 bits per heavy atom. The van der Waals surface area contributed by atoms with Crippen LogP contribution in [0, 0.1) is 0 Å². The highest BCUT2D eigenvalue weighted by molar-refractivity contribution is 7.09. The smallest absolute Gasteiger partial charge is 0.298 e. The van der Waals surface area contributed by atoms with Gasteiger partial charge in [0.2, 0.25) is 0 Å². The summed E-state index contributed by atoms with van der Waals surface area (Å²) in [5.41, 5.74) is 0.0866. The van der Waals surface area contributed by atoms with Crippen molar-refractivity contribution >= 4 is 22.9 Å². The summed E-state index contributed by atoms with van der Waals surface area (Å²) in [5, 5.41) is 7.41. The van der Waals surface area contributed by atoms with Gasteiger partial charge in [0, 0.05) is 34.9 Å². The molecule has 1 unspecified atom stereocenters. The van der Waals surface area contributed by atoms with Crippen LogP contribution in [0.1, 0.15) is 29.1 Å². The maximum atomic E-state index is 12.7. The van der Waals surface area contributed by atoms with Gasteiger partial charge < -0.3 is 0 Å². The third-order valence-corrected chi connectivity index (χ3v) is 7.17. The third kappa shape index (κ3) is 3.37. The van der Waals surface area contributed by atoms with E-state index >= 15 is 0 Å². The molecule has 0 bridgehead atoms. The average Bonchev–Trinajstić information content (AvgIpc) is 3.44. The van der Waals surface area contributed by atoms with Crippen LogP contribution in [-0.2, 0) is 25.0 Å². The largest absolute Gasteiger partial charge is 0.332 e. The van der Waals surface area contributed by atoms with Crippen molar-refractivity contribution < 1.29 is 0 Å². The van der Waals surface area contributed by atoms with Gasteiger partial charge in [-0.1, -0.05) is 29.8 Å². The van der Waals surface area contributed by atoms with Crippen molar-refractivity contribution in [3.63, 3.8) is 0 Å². The van der Waals surface area contributed by atoms with Gasteiger partial charge in [0.25, 0.3) is 0 Å². The molecule has 29 heavy (non-hydrogen) atoms. The lowest BCUT2D eigenvalue weighted by atomic mass is 9.85. The highest BCUT2D eigenvalue weighted by Gasteiger charge is 2.47. The number of benzene rings is 1. The Balaban J connectivity index is 1.44. The lowest BCUT2D eigenvalue weighted by Gasteiger charge is -2.24. The summed E-state index contributed by atoms with van der Waals surface area (Å²) < 4.78 is 2.97. The summed E-state index contributed by atoms with van der Waals surface area (Å²) in [6.07, 6.45) is 1.80. The molecule has 150 valence electrons. The molecule has 0 radical (unpaired) electrons. The van der Waals surface area contributed by atoms with Gasteiger partial charge in [0.15, 0.2) is 0 Å². The van der Waals surface area contributed by atoms with E-state index in [1.54, 1.807) is 15.9 Å². The topological polar surface area (TPSA) is 60.1 Å². The van der Waals surface area contributed by atoms with Crippen LogP contribution in [0.3, 0.4) is 0 Å². The van der Waals surface area contributed by atoms with Crippen molar-refractivity contribution in [2.45, 2.75) is 37.9 Å². The quantitative estimate of drug-likeness (QED) is 0.599. The van der Waals surface area contributed by atoms with E-state index in [2.05, 4.69) is 17.0 Å². The number of hydrogen-bond donors (Lipinski definition) is 0. The van der Waals surface area contributed by atoms with Gasteiger partial charge in [-0.25, -0.2) is 4.68 Å².